The number of nitrogens with one attached hydrogen (secondary N) is 1. The Balaban J connectivity index is 2.56. The number of H-pyrrole nitrogens is 1. The van der Waals surface area contributed by atoms with Gasteiger partial charge in [0.2, 0.25) is 0 Å². The second-order valence-electron chi connectivity index (χ2n) is 5.55. The first-order valence-electron chi connectivity index (χ1n) is 6.72. The summed E-state index contributed by atoms with van der Waals surface area (Å²) >= 11 is 0. The molecule has 3 aromatic rings. The summed E-state index contributed by atoms with van der Waals surface area (Å²) in [6.07, 6.45) is 0. The van der Waals surface area contributed by atoms with Gasteiger partial charge in [0.05, 0.1) is 11.2 Å². The summed E-state index contributed by atoms with van der Waals surface area (Å²) in [5, 5.41) is 1.50. The van der Waals surface area contributed by atoms with Gasteiger partial charge in [-0.2, -0.15) is 0 Å². The number of nitrogens with zero attached hydrogens (tertiary/aromatic N) is 1. The zero-order valence-electron chi connectivity index (χ0n) is 12.2. The van der Waals surface area contributed by atoms with Crippen molar-refractivity contribution in [2.24, 2.45) is 0 Å². The van der Waals surface area contributed by atoms with Crippen molar-refractivity contribution in [2.45, 2.75) is 13.8 Å². The Morgan fingerprint density at radius 1 is 1.00 bits per heavy atom. The van der Waals surface area contributed by atoms with Gasteiger partial charge < -0.3 is 9.88 Å². The molecule has 0 saturated carbocycles. The average molecular weight is 266 g/mol. The van der Waals surface area contributed by atoms with E-state index in [1.807, 2.05) is 56.3 Å². The maximum Gasteiger partial charge on any atom is 0.197 e. The number of pyridine rings is 1. The Morgan fingerprint density at radius 2 is 1.75 bits per heavy atom. The largest absolute Gasteiger partial charge is 0.376 e. The molecule has 0 amide bonds. The first kappa shape index (κ1) is 12.7. The lowest BCUT2D eigenvalue weighted by Gasteiger charge is -2.18. The molecule has 0 saturated heterocycles. The molecule has 102 valence electrons. The van der Waals surface area contributed by atoms with Crippen LogP contribution in [-0.2, 0) is 0 Å². The molecule has 3 rings (SSSR count). The van der Waals surface area contributed by atoms with Gasteiger partial charge in [-0.05, 0) is 37.6 Å². The van der Waals surface area contributed by atoms with Gasteiger partial charge in [-0.25, -0.2) is 0 Å². The topological polar surface area (TPSA) is 36.1 Å². The molecule has 0 unspecified atom stereocenters. The number of aromatic nitrogens is 1. The minimum atomic E-state index is 0.0977. The maximum atomic E-state index is 12.7. The van der Waals surface area contributed by atoms with E-state index in [1.165, 1.54) is 0 Å². The van der Waals surface area contributed by atoms with Crippen LogP contribution in [0.1, 0.15) is 11.1 Å². The first-order valence-corrected chi connectivity index (χ1v) is 6.72. The molecule has 0 bridgehead atoms. The highest BCUT2D eigenvalue weighted by molar-refractivity contribution is 5.99. The quantitative estimate of drug-likeness (QED) is 0.686. The molecular formula is C17H18N2O. The van der Waals surface area contributed by atoms with E-state index < -0.39 is 0 Å². The van der Waals surface area contributed by atoms with Crippen LogP contribution in [0.25, 0.3) is 21.8 Å². The molecule has 1 N–H and O–H groups in total. The molecule has 0 atom stereocenters. The predicted octanol–water partition coefficient (Wildman–Crippen LogP) is 3.36. The van der Waals surface area contributed by atoms with Crippen molar-refractivity contribution >= 4 is 27.5 Å². The molecule has 0 aliphatic rings. The van der Waals surface area contributed by atoms with Gasteiger partial charge in [-0.15, -0.1) is 0 Å². The smallest absolute Gasteiger partial charge is 0.197 e. The Kier molecular flexibility index (Phi) is 2.78. The van der Waals surface area contributed by atoms with Crippen LogP contribution >= 0.6 is 0 Å². The summed E-state index contributed by atoms with van der Waals surface area (Å²) in [6, 6.07) is 9.87. The van der Waals surface area contributed by atoms with E-state index in [9.17, 15) is 4.79 Å². The molecule has 20 heavy (non-hydrogen) atoms. The van der Waals surface area contributed by atoms with Crippen molar-refractivity contribution in [3.05, 3.63) is 51.7 Å². The zero-order valence-corrected chi connectivity index (χ0v) is 12.2. The Labute approximate surface area is 117 Å². The van der Waals surface area contributed by atoms with Crippen LogP contribution in [0.3, 0.4) is 0 Å². The fourth-order valence-electron chi connectivity index (χ4n) is 2.82. The molecule has 0 aliphatic heterocycles. The highest BCUT2D eigenvalue weighted by atomic mass is 16.1. The van der Waals surface area contributed by atoms with E-state index in [4.69, 9.17) is 0 Å². The van der Waals surface area contributed by atoms with Crippen molar-refractivity contribution in [3.63, 3.8) is 0 Å². The third kappa shape index (κ3) is 1.78. The molecule has 1 heterocycles. The molecule has 3 heteroatoms. The second-order valence-corrected chi connectivity index (χ2v) is 5.55. The van der Waals surface area contributed by atoms with Gasteiger partial charge in [0.15, 0.2) is 5.43 Å². The summed E-state index contributed by atoms with van der Waals surface area (Å²) < 4.78 is 0. The highest BCUT2D eigenvalue weighted by Gasteiger charge is 2.12. The minimum absolute atomic E-state index is 0.0977. The van der Waals surface area contributed by atoms with Crippen molar-refractivity contribution < 1.29 is 0 Å². The van der Waals surface area contributed by atoms with Crippen molar-refractivity contribution in [1.29, 1.82) is 0 Å². The number of hydrogen-bond donors (Lipinski definition) is 1. The maximum absolute atomic E-state index is 12.7. The lowest BCUT2D eigenvalue weighted by atomic mass is 10.0. The molecule has 1 aromatic heterocycles. The van der Waals surface area contributed by atoms with Crippen LogP contribution < -0.4 is 10.3 Å². The summed E-state index contributed by atoms with van der Waals surface area (Å²) in [4.78, 5) is 18.2. The summed E-state index contributed by atoms with van der Waals surface area (Å²) in [5.41, 5.74) is 5.23. The minimum Gasteiger partial charge on any atom is -0.376 e. The number of hydrogen-bond acceptors (Lipinski definition) is 2. The lowest BCUT2D eigenvalue weighted by Crippen LogP contribution is -2.14. The van der Waals surface area contributed by atoms with Gasteiger partial charge >= 0.3 is 0 Å². The molecule has 0 spiro atoms. The Bertz CT molecular complexity index is 875. The highest BCUT2D eigenvalue weighted by Crippen LogP contribution is 2.27. The molecule has 2 aromatic carbocycles. The van der Waals surface area contributed by atoms with Crippen molar-refractivity contribution in [1.82, 2.24) is 4.98 Å². The van der Waals surface area contributed by atoms with Crippen LogP contribution in [0.15, 0.2) is 35.1 Å². The summed E-state index contributed by atoms with van der Waals surface area (Å²) in [5.74, 6) is 0. The van der Waals surface area contributed by atoms with Gasteiger partial charge in [0.25, 0.3) is 0 Å². The van der Waals surface area contributed by atoms with Crippen LogP contribution in [0.2, 0.25) is 0 Å². The fourth-order valence-corrected chi connectivity index (χ4v) is 2.82. The van der Waals surface area contributed by atoms with Gasteiger partial charge in [0, 0.05) is 30.4 Å². The van der Waals surface area contributed by atoms with E-state index in [1.54, 1.807) is 0 Å². The SMILES string of the molecule is Cc1ccc2[nH]c3c(N(C)C)c(C)ccc3c(=O)c2c1. The fraction of sp³-hybridized carbons (Fsp3) is 0.235. The molecular weight excluding hydrogens is 248 g/mol. The van der Waals surface area contributed by atoms with Crippen molar-refractivity contribution in [2.75, 3.05) is 19.0 Å². The molecule has 0 radical (unpaired) electrons. The average Bonchev–Trinajstić information content (AvgIpc) is 2.39. The third-order valence-corrected chi connectivity index (χ3v) is 3.75. The van der Waals surface area contributed by atoms with Gasteiger partial charge in [0.1, 0.15) is 0 Å². The number of aryl methyl sites for hydroxylation is 2. The Morgan fingerprint density at radius 3 is 2.45 bits per heavy atom. The first-order chi connectivity index (χ1) is 9.49. The summed E-state index contributed by atoms with van der Waals surface area (Å²) in [7, 11) is 4.00. The monoisotopic (exact) mass is 266 g/mol. The van der Waals surface area contributed by atoms with Crippen LogP contribution in [0.4, 0.5) is 5.69 Å². The van der Waals surface area contributed by atoms with Crippen molar-refractivity contribution in [3.8, 4) is 0 Å². The van der Waals surface area contributed by atoms with E-state index in [0.29, 0.717) is 0 Å². The number of fused-ring (bicyclic) bond motifs is 2. The number of benzene rings is 2. The molecule has 0 aliphatic carbocycles. The standard InChI is InChI=1S/C17H18N2O/c1-10-5-8-14-13(9-10)17(20)12-7-6-11(2)16(19(3)4)15(12)18-14/h5-9H,1-4H3,(H,18,20). The van der Waals surface area contributed by atoms with Gasteiger partial charge in [-0.3, -0.25) is 4.79 Å². The van der Waals surface area contributed by atoms with E-state index in [0.717, 1.165) is 38.6 Å². The van der Waals surface area contributed by atoms with Crippen LogP contribution in [-0.4, -0.2) is 19.1 Å². The van der Waals surface area contributed by atoms with E-state index >= 15 is 0 Å². The molecule has 0 fully saturated rings. The summed E-state index contributed by atoms with van der Waals surface area (Å²) in [6.45, 7) is 4.07. The number of anilines is 1. The predicted molar refractivity (Wildman–Crippen MR) is 85.9 cm³/mol. The van der Waals surface area contributed by atoms with Crippen LogP contribution in [0.5, 0.6) is 0 Å². The number of rotatable bonds is 1. The van der Waals surface area contributed by atoms with Gasteiger partial charge in [-0.1, -0.05) is 17.7 Å². The van der Waals surface area contributed by atoms with E-state index in [2.05, 4.69) is 11.9 Å². The zero-order chi connectivity index (χ0) is 14.4. The van der Waals surface area contributed by atoms with Crippen LogP contribution in [0, 0.1) is 13.8 Å². The van der Waals surface area contributed by atoms with E-state index in [-0.39, 0.29) is 5.43 Å². The number of aromatic amines is 1. The normalized spacial score (nSPS) is 11.2. The second kappa shape index (κ2) is 4.37. The molecule has 3 nitrogen and oxygen atoms in total. The third-order valence-electron chi connectivity index (χ3n) is 3.75. The lowest BCUT2D eigenvalue weighted by molar-refractivity contribution is 1.12. The Hall–Kier alpha value is -2.29.